The number of rotatable bonds is 3. The lowest BCUT2D eigenvalue weighted by molar-refractivity contribution is 0.0977. The van der Waals surface area contributed by atoms with Crippen LogP contribution in [0.15, 0.2) is 48.5 Å². The Balaban J connectivity index is 1.98. The zero-order valence-electron chi connectivity index (χ0n) is 11.4. The quantitative estimate of drug-likeness (QED) is 0.599. The molecule has 0 aliphatic carbocycles. The summed E-state index contributed by atoms with van der Waals surface area (Å²) in [6, 6.07) is 13.9. The molecule has 0 saturated carbocycles. The molecule has 2 aromatic carbocycles. The summed E-state index contributed by atoms with van der Waals surface area (Å²) in [5.74, 6) is 0.307. The molecule has 0 unspecified atom stereocenters. The summed E-state index contributed by atoms with van der Waals surface area (Å²) >= 11 is 5.10. The van der Waals surface area contributed by atoms with Crippen molar-refractivity contribution >= 4 is 34.6 Å². The Kier molecular flexibility index (Phi) is 4.73. The van der Waals surface area contributed by atoms with Gasteiger partial charge in [-0.1, -0.05) is 6.07 Å². The Morgan fingerprint density at radius 3 is 2.57 bits per heavy atom. The molecule has 5 nitrogen and oxygen atoms in total. The molecular formula is C15H15N3O2S. The molecule has 2 aromatic rings. The van der Waals surface area contributed by atoms with Gasteiger partial charge in [-0.15, -0.1) is 0 Å². The largest absolute Gasteiger partial charge is 0.497 e. The lowest BCUT2D eigenvalue weighted by Gasteiger charge is -2.10. The number of thiocarbonyl (C=S) groups is 1. The number of methoxy groups -OCH3 is 1. The summed E-state index contributed by atoms with van der Waals surface area (Å²) in [5.41, 5.74) is 7.48. The van der Waals surface area contributed by atoms with E-state index in [-0.39, 0.29) is 11.0 Å². The molecule has 6 heteroatoms. The number of ether oxygens (including phenoxy) is 1. The standard InChI is InChI=1S/C15H15N3O2S/c1-20-13-4-2-3-10(9-13)14(19)18-15(21)17-12-7-5-11(16)6-8-12/h2-9H,16H2,1H3,(H2,17,18,19,21). The van der Waals surface area contributed by atoms with Gasteiger partial charge in [0.2, 0.25) is 0 Å². The van der Waals surface area contributed by atoms with Crippen molar-refractivity contribution in [3.63, 3.8) is 0 Å². The highest BCUT2D eigenvalue weighted by Gasteiger charge is 2.08. The fraction of sp³-hybridized carbons (Fsp3) is 0.0667. The molecule has 0 fully saturated rings. The molecule has 0 atom stereocenters. The van der Waals surface area contributed by atoms with Gasteiger partial charge in [0.05, 0.1) is 7.11 Å². The molecule has 0 aliphatic rings. The third-order valence-electron chi connectivity index (χ3n) is 2.73. The van der Waals surface area contributed by atoms with Crippen molar-refractivity contribution in [3.05, 3.63) is 54.1 Å². The fourth-order valence-corrected chi connectivity index (χ4v) is 1.88. The Bertz CT molecular complexity index is 656. The zero-order valence-corrected chi connectivity index (χ0v) is 12.2. The van der Waals surface area contributed by atoms with E-state index in [0.29, 0.717) is 17.0 Å². The van der Waals surface area contributed by atoms with Gasteiger partial charge >= 0.3 is 0 Å². The number of amides is 1. The molecule has 108 valence electrons. The number of carbonyl (C=O) groups excluding carboxylic acids is 1. The minimum atomic E-state index is -0.304. The summed E-state index contributed by atoms with van der Waals surface area (Å²) in [4.78, 5) is 12.1. The van der Waals surface area contributed by atoms with Crippen LogP contribution in [0.2, 0.25) is 0 Å². The number of carbonyl (C=O) groups is 1. The molecule has 21 heavy (non-hydrogen) atoms. The summed E-state index contributed by atoms with van der Waals surface area (Å²) in [7, 11) is 1.55. The molecule has 0 radical (unpaired) electrons. The maximum atomic E-state index is 12.1. The molecule has 0 bridgehead atoms. The van der Waals surface area contributed by atoms with Crippen molar-refractivity contribution in [1.29, 1.82) is 0 Å². The summed E-state index contributed by atoms with van der Waals surface area (Å²) in [6.07, 6.45) is 0. The van der Waals surface area contributed by atoms with Gasteiger partial charge in [0, 0.05) is 16.9 Å². The second-order valence-electron chi connectivity index (χ2n) is 4.26. The van der Waals surface area contributed by atoms with Crippen molar-refractivity contribution in [2.75, 3.05) is 18.2 Å². The third kappa shape index (κ3) is 4.19. The van der Waals surface area contributed by atoms with E-state index >= 15 is 0 Å². The van der Waals surface area contributed by atoms with E-state index in [1.54, 1.807) is 55.6 Å². The van der Waals surface area contributed by atoms with E-state index in [4.69, 9.17) is 22.7 Å². The van der Waals surface area contributed by atoms with E-state index < -0.39 is 0 Å². The average molecular weight is 301 g/mol. The topological polar surface area (TPSA) is 76.4 Å². The molecule has 0 aromatic heterocycles. The highest BCUT2D eigenvalue weighted by Crippen LogP contribution is 2.13. The lowest BCUT2D eigenvalue weighted by atomic mass is 10.2. The second-order valence-corrected chi connectivity index (χ2v) is 4.67. The maximum Gasteiger partial charge on any atom is 0.257 e. The van der Waals surface area contributed by atoms with Crippen LogP contribution >= 0.6 is 12.2 Å². The van der Waals surface area contributed by atoms with Crippen LogP contribution < -0.4 is 21.1 Å². The van der Waals surface area contributed by atoms with E-state index in [1.807, 2.05) is 0 Å². The first kappa shape index (κ1) is 14.8. The Labute approximate surface area is 128 Å². The van der Waals surface area contributed by atoms with Gasteiger partial charge < -0.3 is 15.8 Å². The summed E-state index contributed by atoms with van der Waals surface area (Å²) in [5, 5.41) is 5.73. The third-order valence-corrected chi connectivity index (χ3v) is 2.93. The number of anilines is 2. The molecular weight excluding hydrogens is 286 g/mol. The van der Waals surface area contributed by atoms with Gasteiger partial charge in [-0.3, -0.25) is 10.1 Å². The molecule has 0 aliphatic heterocycles. The van der Waals surface area contributed by atoms with Gasteiger partial charge in [0.15, 0.2) is 5.11 Å². The number of benzene rings is 2. The van der Waals surface area contributed by atoms with E-state index in [0.717, 1.165) is 5.69 Å². The van der Waals surface area contributed by atoms with Crippen LogP contribution in [-0.2, 0) is 0 Å². The van der Waals surface area contributed by atoms with Crippen molar-refractivity contribution in [2.24, 2.45) is 0 Å². The molecule has 2 rings (SSSR count). The smallest absolute Gasteiger partial charge is 0.257 e. The Hall–Kier alpha value is -2.60. The van der Waals surface area contributed by atoms with E-state index in [1.165, 1.54) is 0 Å². The first-order valence-electron chi connectivity index (χ1n) is 6.20. The average Bonchev–Trinajstić information content (AvgIpc) is 2.49. The minimum absolute atomic E-state index is 0.215. The van der Waals surface area contributed by atoms with Crippen LogP contribution in [0.25, 0.3) is 0 Å². The van der Waals surface area contributed by atoms with Crippen molar-refractivity contribution in [1.82, 2.24) is 5.32 Å². The summed E-state index contributed by atoms with van der Waals surface area (Å²) < 4.78 is 5.08. The fourth-order valence-electron chi connectivity index (χ4n) is 1.67. The van der Waals surface area contributed by atoms with E-state index in [9.17, 15) is 4.79 Å². The zero-order chi connectivity index (χ0) is 15.2. The van der Waals surface area contributed by atoms with Crippen LogP contribution in [0.1, 0.15) is 10.4 Å². The van der Waals surface area contributed by atoms with Crippen LogP contribution in [0, 0.1) is 0 Å². The second kappa shape index (κ2) is 6.71. The first-order chi connectivity index (χ1) is 10.1. The number of hydrogen-bond acceptors (Lipinski definition) is 4. The van der Waals surface area contributed by atoms with Crippen molar-refractivity contribution in [2.45, 2.75) is 0 Å². The normalized spacial score (nSPS) is 9.76. The van der Waals surface area contributed by atoms with Gasteiger partial charge in [-0.05, 0) is 54.7 Å². The lowest BCUT2D eigenvalue weighted by Crippen LogP contribution is -2.34. The molecule has 0 heterocycles. The first-order valence-corrected chi connectivity index (χ1v) is 6.61. The maximum absolute atomic E-state index is 12.1. The van der Waals surface area contributed by atoms with Crippen LogP contribution in [0.5, 0.6) is 5.75 Å². The van der Waals surface area contributed by atoms with Crippen LogP contribution in [0.4, 0.5) is 11.4 Å². The summed E-state index contributed by atoms with van der Waals surface area (Å²) in [6.45, 7) is 0. The number of hydrogen-bond donors (Lipinski definition) is 3. The van der Waals surface area contributed by atoms with Gasteiger partial charge in [-0.25, -0.2) is 0 Å². The minimum Gasteiger partial charge on any atom is -0.497 e. The molecule has 1 amide bonds. The number of nitrogens with one attached hydrogen (secondary N) is 2. The highest BCUT2D eigenvalue weighted by atomic mass is 32.1. The van der Waals surface area contributed by atoms with Crippen molar-refractivity contribution < 1.29 is 9.53 Å². The monoisotopic (exact) mass is 301 g/mol. The van der Waals surface area contributed by atoms with Crippen molar-refractivity contribution in [3.8, 4) is 5.75 Å². The predicted molar refractivity (Wildman–Crippen MR) is 87.5 cm³/mol. The molecule has 4 N–H and O–H groups in total. The van der Waals surface area contributed by atoms with Gasteiger partial charge in [0.25, 0.3) is 5.91 Å². The Morgan fingerprint density at radius 2 is 1.90 bits per heavy atom. The molecule has 0 spiro atoms. The SMILES string of the molecule is COc1cccc(C(=O)NC(=S)Nc2ccc(N)cc2)c1. The van der Waals surface area contributed by atoms with Gasteiger partial charge in [-0.2, -0.15) is 0 Å². The molecule has 0 saturated heterocycles. The van der Waals surface area contributed by atoms with Crippen LogP contribution in [-0.4, -0.2) is 18.1 Å². The van der Waals surface area contributed by atoms with Crippen LogP contribution in [0.3, 0.4) is 0 Å². The predicted octanol–water partition coefficient (Wildman–Crippen LogP) is 2.40. The highest BCUT2D eigenvalue weighted by molar-refractivity contribution is 7.80. The Morgan fingerprint density at radius 1 is 1.19 bits per heavy atom. The van der Waals surface area contributed by atoms with E-state index in [2.05, 4.69) is 10.6 Å². The van der Waals surface area contributed by atoms with Gasteiger partial charge in [0.1, 0.15) is 5.75 Å². The number of nitrogens with two attached hydrogens (primary N) is 1. The number of nitrogen functional groups attached to an aromatic ring is 1.